The number of hydrogen-bond donors (Lipinski definition) is 1. The zero-order valence-corrected chi connectivity index (χ0v) is 15.2. The predicted octanol–water partition coefficient (Wildman–Crippen LogP) is 2.50. The molecule has 1 fully saturated rings. The molecule has 1 amide bonds. The monoisotopic (exact) mass is 356 g/mol. The summed E-state index contributed by atoms with van der Waals surface area (Å²) in [6, 6.07) is 3.73. The minimum Gasteiger partial charge on any atom is -0.463 e. The van der Waals surface area contributed by atoms with Crippen LogP contribution in [0.5, 0.6) is 0 Å². The highest BCUT2D eigenvalue weighted by Crippen LogP contribution is 2.24. The maximum absolute atomic E-state index is 12.8. The van der Waals surface area contributed by atoms with Gasteiger partial charge in [0.2, 0.25) is 5.91 Å². The summed E-state index contributed by atoms with van der Waals surface area (Å²) in [6.45, 7) is 4.09. The number of furan rings is 1. The van der Waals surface area contributed by atoms with Crippen LogP contribution in [0.3, 0.4) is 0 Å². The topological polar surface area (TPSA) is 81.5 Å². The Labute approximate surface area is 151 Å². The Kier molecular flexibility index (Phi) is 4.30. The molecule has 0 radical (unpaired) electrons. The van der Waals surface area contributed by atoms with Gasteiger partial charge < -0.3 is 9.73 Å². The first-order chi connectivity index (χ1) is 12.6. The largest absolute Gasteiger partial charge is 0.463 e. The van der Waals surface area contributed by atoms with Crippen molar-refractivity contribution in [2.45, 2.75) is 58.5 Å². The lowest BCUT2D eigenvalue weighted by atomic mass is 9.86. The van der Waals surface area contributed by atoms with Gasteiger partial charge in [-0.15, -0.1) is 0 Å². The fraction of sp³-hybridized carbons (Fsp3) is 0.526. The van der Waals surface area contributed by atoms with E-state index in [0.29, 0.717) is 23.4 Å². The van der Waals surface area contributed by atoms with Crippen molar-refractivity contribution >= 4 is 22.5 Å². The Balaban J connectivity index is 1.65. The van der Waals surface area contributed by atoms with Gasteiger partial charge in [-0.3, -0.25) is 14.0 Å². The average molecular weight is 356 g/mol. The average Bonchev–Trinajstić information content (AvgIpc) is 3.21. The first-order valence-corrected chi connectivity index (χ1v) is 9.36. The molecule has 0 bridgehead atoms. The van der Waals surface area contributed by atoms with Crippen molar-refractivity contribution in [3.05, 3.63) is 34.6 Å². The Morgan fingerprint density at radius 2 is 2.15 bits per heavy atom. The van der Waals surface area contributed by atoms with E-state index < -0.39 is 0 Å². The summed E-state index contributed by atoms with van der Waals surface area (Å²) in [4.78, 5) is 25.3. The van der Waals surface area contributed by atoms with Crippen molar-refractivity contribution in [3.63, 3.8) is 0 Å². The van der Waals surface area contributed by atoms with Gasteiger partial charge >= 0.3 is 0 Å². The molecule has 4 rings (SSSR count). The van der Waals surface area contributed by atoms with Crippen LogP contribution in [0, 0.1) is 5.92 Å². The van der Waals surface area contributed by atoms with Crippen LogP contribution in [-0.4, -0.2) is 26.1 Å². The van der Waals surface area contributed by atoms with Crippen LogP contribution in [-0.2, 0) is 17.8 Å². The summed E-state index contributed by atoms with van der Waals surface area (Å²) in [5, 5.41) is 7.53. The number of rotatable bonds is 4. The standard InChI is InChI=1S/C19H24N4O3/c1-3-17-21-22(11-18(24)20-13-7-5-4-6-12(13)2)19(25)15-10-16-14(23(15)17)8-9-26-16/h8-10,12-13H,3-7,11H2,1-2H3,(H,20,24)/t12-,13+/m1/s1. The smallest absolute Gasteiger partial charge is 0.291 e. The molecule has 3 aromatic rings. The molecule has 0 spiro atoms. The molecule has 3 aromatic heterocycles. The quantitative estimate of drug-likeness (QED) is 0.779. The molecule has 7 heteroatoms. The molecule has 1 saturated carbocycles. The third kappa shape index (κ3) is 2.81. The van der Waals surface area contributed by atoms with Crippen LogP contribution in [0.4, 0.5) is 0 Å². The second-order valence-electron chi connectivity index (χ2n) is 7.20. The van der Waals surface area contributed by atoms with E-state index in [1.807, 2.05) is 17.4 Å². The summed E-state index contributed by atoms with van der Waals surface area (Å²) in [7, 11) is 0. The number of carbonyl (C=O) groups excluding carboxylic acids is 1. The third-order valence-corrected chi connectivity index (χ3v) is 5.44. The molecule has 0 saturated heterocycles. The van der Waals surface area contributed by atoms with Gasteiger partial charge in [0, 0.05) is 24.6 Å². The van der Waals surface area contributed by atoms with E-state index >= 15 is 0 Å². The second kappa shape index (κ2) is 6.63. The molecule has 2 atom stereocenters. The molecule has 0 aliphatic heterocycles. The molecule has 3 heterocycles. The number of nitrogens with zero attached hydrogens (tertiary/aromatic N) is 3. The van der Waals surface area contributed by atoms with E-state index in [0.717, 1.165) is 30.6 Å². The van der Waals surface area contributed by atoms with Crippen molar-refractivity contribution in [2.75, 3.05) is 0 Å². The number of carbonyl (C=O) groups is 1. The minimum atomic E-state index is -0.277. The van der Waals surface area contributed by atoms with Gasteiger partial charge in [0.25, 0.3) is 5.56 Å². The summed E-state index contributed by atoms with van der Waals surface area (Å²) < 4.78 is 8.51. The molecule has 0 aromatic carbocycles. The van der Waals surface area contributed by atoms with Crippen LogP contribution in [0.1, 0.15) is 45.4 Å². The Bertz CT molecular complexity index is 1010. The molecule has 7 nitrogen and oxygen atoms in total. The maximum Gasteiger partial charge on any atom is 0.291 e. The predicted molar refractivity (Wildman–Crippen MR) is 98.2 cm³/mol. The summed E-state index contributed by atoms with van der Waals surface area (Å²) >= 11 is 0. The molecule has 1 aliphatic carbocycles. The molecule has 26 heavy (non-hydrogen) atoms. The summed E-state index contributed by atoms with van der Waals surface area (Å²) in [6.07, 6.45) is 6.75. The van der Waals surface area contributed by atoms with Gasteiger partial charge in [0.1, 0.15) is 17.9 Å². The summed E-state index contributed by atoms with van der Waals surface area (Å²) in [5.41, 5.74) is 1.69. The minimum absolute atomic E-state index is 0.0574. The van der Waals surface area contributed by atoms with E-state index in [2.05, 4.69) is 17.3 Å². The van der Waals surface area contributed by atoms with E-state index in [4.69, 9.17) is 4.42 Å². The van der Waals surface area contributed by atoms with Crippen molar-refractivity contribution < 1.29 is 9.21 Å². The van der Waals surface area contributed by atoms with Crippen molar-refractivity contribution in [1.29, 1.82) is 0 Å². The van der Waals surface area contributed by atoms with Crippen molar-refractivity contribution in [2.24, 2.45) is 5.92 Å². The highest BCUT2D eigenvalue weighted by atomic mass is 16.3. The van der Waals surface area contributed by atoms with Gasteiger partial charge in [-0.2, -0.15) is 5.10 Å². The zero-order valence-electron chi connectivity index (χ0n) is 15.2. The lowest BCUT2D eigenvalue weighted by molar-refractivity contribution is -0.123. The van der Waals surface area contributed by atoms with Gasteiger partial charge in [-0.1, -0.05) is 26.7 Å². The first kappa shape index (κ1) is 16.9. The lowest BCUT2D eigenvalue weighted by Crippen LogP contribution is -2.44. The fourth-order valence-electron chi connectivity index (χ4n) is 3.98. The maximum atomic E-state index is 12.8. The third-order valence-electron chi connectivity index (χ3n) is 5.44. The Hall–Kier alpha value is -2.57. The van der Waals surface area contributed by atoms with Gasteiger partial charge in [-0.05, 0) is 18.8 Å². The molecular formula is C19H24N4O3. The van der Waals surface area contributed by atoms with Crippen molar-refractivity contribution in [1.82, 2.24) is 19.5 Å². The van der Waals surface area contributed by atoms with E-state index in [9.17, 15) is 9.59 Å². The highest BCUT2D eigenvalue weighted by Gasteiger charge is 2.23. The number of amides is 1. The number of nitrogens with one attached hydrogen (secondary N) is 1. The molecule has 0 unspecified atom stereocenters. The SMILES string of the molecule is CCc1nn(CC(=O)N[C@H]2CCCC[C@H]2C)c(=O)c2cc3occc3n12. The molecule has 138 valence electrons. The van der Waals surface area contributed by atoms with Crippen LogP contribution in [0.2, 0.25) is 0 Å². The van der Waals surface area contributed by atoms with Gasteiger partial charge in [-0.25, -0.2) is 4.68 Å². The number of fused-ring (bicyclic) bond motifs is 3. The second-order valence-corrected chi connectivity index (χ2v) is 7.20. The van der Waals surface area contributed by atoms with E-state index in [1.54, 1.807) is 12.3 Å². The van der Waals surface area contributed by atoms with Crippen LogP contribution < -0.4 is 10.9 Å². The normalized spacial score (nSPS) is 20.7. The Morgan fingerprint density at radius 1 is 1.35 bits per heavy atom. The number of aryl methyl sites for hydroxylation is 1. The number of aromatic nitrogens is 3. The van der Waals surface area contributed by atoms with Gasteiger partial charge in [0.05, 0.1) is 11.8 Å². The highest BCUT2D eigenvalue weighted by molar-refractivity contribution is 5.82. The van der Waals surface area contributed by atoms with E-state index in [-0.39, 0.29) is 24.1 Å². The molecule has 1 N–H and O–H groups in total. The molecule has 1 aliphatic rings. The van der Waals surface area contributed by atoms with Crippen LogP contribution in [0.25, 0.3) is 16.6 Å². The van der Waals surface area contributed by atoms with E-state index in [1.165, 1.54) is 11.1 Å². The number of hydrogen-bond acceptors (Lipinski definition) is 4. The fourth-order valence-corrected chi connectivity index (χ4v) is 3.98. The Morgan fingerprint density at radius 3 is 2.92 bits per heavy atom. The van der Waals surface area contributed by atoms with Crippen LogP contribution in [0.15, 0.2) is 27.6 Å². The molecular weight excluding hydrogens is 332 g/mol. The lowest BCUT2D eigenvalue weighted by Gasteiger charge is -2.29. The first-order valence-electron chi connectivity index (χ1n) is 9.36. The van der Waals surface area contributed by atoms with Crippen molar-refractivity contribution in [3.8, 4) is 0 Å². The van der Waals surface area contributed by atoms with Crippen LogP contribution >= 0.6 is 0 Å². The van der Waals surface area contributed by atoms with Gasteiger partial charge in [0.15, 0.2) is 5.58 Å². The summed E-state index contributed by atoms with van der Waals surface area (Å²) in [5.74, 6) is 1.05. The zero-order chi connectivity index (χ0) is 18.3.